The molecular formula is C10H12N2O2S. The van der Waals surface area contributed by atoms with E-state index in [2.05, 4.69) is 17.6 Å². The van der Waals surface area contributed by atoms with Gasteiger partial charge in [0.05, 0.1) is 6.61 Å². The van der Waals surface area contributed by atoms with Gasteiger partial charge in [0.15, 0.2) is 5.76 Å². The maximum atomic E-state index is 5.61. The van der Waals surface area contributed by atoms with Crippen molar-refractivity contribution in [1.29, 1.82) is 0 Å². The predicted molar refractivity (Wildman–Crippen MR) is 57.0 cm³/mol. The molecule has 2 aliphatic rings. The Morgan fingerprint density at radius 2 is 2.47 bits per heavy atom. The molecule has 0 aromatic carbocycles. The minimum absolute atomic E-state index is 0.411. The van der Waals surface area contributed by atoms with Crippen LogP contribution in [-0.4, -0.2) is 16.7 Å². The number of aromatic nitrogens is 1. The Bertz CT molecular complexity index is 398. The molecule has 1 aliphatic heterocycles. The van der Waals surface area contributed by atoms with Crippen LogP contribution in [0.15, 0.2) is 15.8 Å². The quantitative estimate of drug-likeness (QED) is 0.798. The lowest BCUT2D eigenvalue weighted by Gasteiger charge is -2.21. The van der Waals surface area contributed by atoms with Crippen LogP contribution in [0.3, 0.4) is 0 Å². The summed E-state index contributed by atoms with van der Waals surface area (Å²) in [5, 5.41) is 2.20. The van der Waals surface area contributed by atoms with Crippen molar-refractivity contribution in [3.63, 3.8) is 0 Å². The lowest BCUT2D eigenvalue weighted by atomic mass is 10.3. The lowest BCUT2D eigenvalue weighted by molar-refractivity contribution is -0.135. The molecule has 2 heterocycles. The Hall–Kier alpha value is -0.940. The standard InChI is InChI=1S/C10H12N2O2S/c15-10-11-8-3-4-12(5-9(8)14-10)13-6-7-1-2-7/h3-4,7H,1-2,5-6H2,(H,11,15). The summed E-state index contributed by atoms with van der Waals surface area (Å²) in [6.07, 6.45) is 6.37. The first kappa shape index (κ1) is 9.30. The molecule has 80 valence electrons. The first-order valence-corrected chi connectivity index (χ1v) is 5.52. The SMILES string of the molecule is Sc1nc2c(o1)CN(OCC1CC1)C=C2. The van der Waals surface area contributed by atoms with E-state index in [1.54, 1.807) is 5.06 Å². The smallest absolute Gasteiger partial charge is 0.253 e. The minimum Gasteiger partial charge on any atom is -0.434 e. The van der Waals surface area contributed by atoms with Crippen molar-refractivity contribution in [3.05, 3.63) is 17.7 Å². The van der Waals surface area contributed by atoms with Crippen LogP contribution < -0.4 is 0 Å². The number of fused-ring (bicyclic) bond motifs is 1. The Morgan fingerprint density at radius 1 is 1.60 bits per heavy atom. The summed E-state index contributed by atoms with van der Waals surface area (Å²) in [4.78, 5) is 9.73. The summed E-state index contributed by atoms with van der Waals surface area (Å²) in [7, 11) is 0. The zero-order chi connectivity index (χ0) is 10.3. The third kappa shape index (κ3) is 2.03. The maximum Gasteiger partial charge on any atom is 0.253 e. The van der Waals surface area contributed by atoms with Crippen molar-refractivity contribution in [2.45, 2.75) is 24.6 Å². The van der Waals surface area contributed by atoms with Crippen LogP contribution in [0.25, 0.3) is 6.08 Å². The lowest BCUT2D eigenvalue weighted by Crippen LogP contribution is -2.21. The number of hydroxylamine groups is 2. The zero-order valence-corrected chi connectivity index (χ0v) is 9.11. The number of hydrogen-bond acceptors (Lipinski definition) is 5. The summed E-state index contributed by atoms with van der Waals surface area (Å²) < 4.78 is 5.34. The van der Waals surface area contributed by atoms with Crippen LogP contribution >= 0.6 is 12.6 Å². The van der Waals surface area contributed by atoms with E-state index in [0.29, 0.717) is 11.8 Å². The summed E-state index contributed by atoms with van der Waals surface area (Å²) >= 11 is 4.06. The monoisotopic (exact) mass is 224 g/mol. The van der Waals surface area contributed by atoms with Crippen LogP contribution in [0, 0.1) is 5.92 Å². The predicted octanol–water partition coefficient (Wildman–Crippen LogP) is 2.09. The summed E-state index contributed by atoms with van der Waals surface area (Å²) in [6, 6.07) is 0. The number of hydrogen-bond donors (Lipinski definition) is 1. The normalized spacial score (nSPS) is 19.4. The third-order valence-electron chi connectivity index (χ3n) is 2.59. The molecular weight excluding hydrogens is 212 g/mol. The molecule has 0 radical (unpaired) electrons. The summed E-state index contributed by atoms with van der Waals surface area (Å²) in [5.74, 6) is 1.58. The Balaban J connectivity index is 1.65. The highest BCUT2D eigenvalue weighted by Crippen LogP contribution is 2.30. The average molecular weight is 224 g/mol. The second-order valence-corrected chi connectivity index (χ2v) is 4.32. The second-order valence-electron chi connectivity index (χ2n) is 3.93. The van der Waals surface area contributed by atoms with Gasteiger partial charge < -0.3 is 4.42 Å². The van der Waals surface area contributed by atoms with Crippen molar-refractivity contribution < 1.29 is 9.25 Å². The number of oxazole rings is 1. The molecule has 1 fully saturated rings. The van der Waals surface area contributed by atoms with Gasteiger partial charge in [0.25, 0.3) is 5.22 Å². The highest BCUT2D eigenvalue weighted by Gasteiger charge is 2.24. The third-order valence-corrected chi connectivity index (χ3v) is 2.78. The summed E-state index contributed by atoms with van der Waals surface area (Å²) in [6.45, 7) is 1.42. The van der Waals surface area contributed by atoms with Crippen molar-refractivity contribution in [2.24, 2.45) is 5.92 Å². The van der Waals surface area contributed by atoms with E-state index >= 15 is 0 Å². The molecule has 1 aromatic heterocycles. The van der Waals surface area contributed by atoms with Crippen LogP contribution in [0.5, 0.6) is 0 Å². The van der Waals surface area contributed by atoms with E-state index < -0.39 is 0 Å². The maximum absolute atomic E-state index is 5.61. The minimum atomic E-state index is 0.411. The zero-order valence-electron chi connectivity index (χ0n) is 8.22. The Labute approximate surface area is 93.3 Å². The average Bonchev–Trinajstić information content (AvgIpc) is 2.96. The molecule has 0 N–H and O–H groups in total. The van der Waals surface area contributed by atoms with E-state index in [1.165, 1.54) is 12.8 Å². The molecule has 1 saturated carbocycles. The van der Waals surface area contributed by atoms with Gasteiger partial charge in [-0.15, -0.1) is 0 Å². The molecule has 0 atom stereocenters. The van der Waals surface area contributed by atoms with Gasteiger partial charge in [-0.05, 0) is 24.8 Å². The highest BCUT2D eigenvalue weighted by atomic mass is 32.1. The molecule has 5 heteroatoms. The summed E-state index contributed by atoms with van der Waals surface area (Å²) in [5.41, 5.74) is 0.853. The van der Waals surface area contributed by atoms with E-state index in [0.717, 1.165) is 24.0 Å². The van der Waals surface area contributed by atoms with Gasteiger partial charge in [0.2, 0.25) is 0 Å². The fraction of sp³-hybridized carbons (Fsp3) is 0.500. The van der Waals surface area contributed by atoms with E-state index in [9.17, 15) is 0 Å². The van der Waals surface area contributed by atoms with Crippen molar-refractivity contribution in [3.8, 4) is 0 Å². The van der Waals surface area contributed by atoms with Gasteiger partial charge in [-0.3, -0.25) is 9.90 Å². The number of thiol groups is 1. The fourth-order valence-corrected chi connectivity index (χ4v) is 1.73. The number of nitrogens with zero attached hydrogens (tertiary/aromatic N) is 2. The van der Waals surface area contributed by atoms with Crippen molar-refractivity contribution in [1.82, 2.24) is 10.0 Å². The molecule has 1 aliphatic carbocycles. The van der Waals surface area contributed by atoms with Gasteiger partial charge in [-0.25, -0.2) is 4.98 Å². The topological polar surface area (TPSA) is 38.5 Å². The molecule has 1 aromatic rings. The van der Waals surface area contributed by atoms with E-state index in [4.69, 9.17) is 9.25 Å². The first-order chi connectivity index (χ1) is 7.31. The molecule has 15 heavy (non-hydrogen) atoms. The van der Waals surface area contributed by atoms with Gasteiger partial charge in [-0.1, -0.05) is 12.6 Å². The molecule has 3 rings (SSSR count). The van der Waals surface area contributed by atoms with Gasteiger partial charge >= 0.3 is 0 Å². The largest absolute Gasteiger partial charge is 0.434 e. The van der Waals surface area contributed by atoms with Crippen molar-refractivity contribution in [2.75, 3.05) is 6.61 Å². The fourth-order valence-electron chi connectivity index (χ4n) is 1.52. The van der Waals surface area contributed by atoms with Crippen LogP contribution in [0.2, 0.25) is 0 Å². The van der Waals surface area contributed by atoms with Crippen LogP contribution in [0.1, 0.15) is 24.3 Å². The van der Waals surface area contributed by atoms with Gasteiger partial charge in [0.1, 0.15) is 12.2 Å². The Kier molecular flexibility index (Phi) is 2.21. The van der Waals surface area contributed by atoms with Crippen molar-refractivity contribution >= 4 is 18.7 Å². The first-order valence-electron chi connectivity index (χ1n) is 5.08. The second kappa shape index (κ2) is 3.57. The van der Waals surface area contributed by atoms with Gasteiger partial charge in [0, 0.05) is 6.20 Å². The highest BCUT2D eigenvalue weighted by molar-refractivity contribution is 7.80. The number of rotatable bonds is 3. The van der Waals surface area contributed by atoms with Crippen LogP contribution in [-0.2, 0) is 11.4 Å². The molecule has 0 unspecified atom stereocenters. The van der Waals surface area contributed by atoms with Gasteiger partial charge in [-0.2, -0.15) is 0 Å². The molecule has 0 amide bonds. The van der Waals surface area contributed by atoms with E-state index in [-0.39, 0.29) is 0 Å². The Morgan fingerprint density at radius 3 is 3.27 bits per heavy atom. The molecule has 4 nitrogen and oxygen atoms in total. The molecule has 0 saturated heterocycles. The van der Waals surface area contributed by atoms with E-state index in [1.807, 2.05) is 12.3 Å². The molecule has 0 spiro atoms. The van der Waals surface area contributed by atoms with Crippen LogP contribution in [0.4, 0.5) is 0 Å². The molecule has 0 bridgehead atoms.